The van der Waals surface area contributed by atoms with Gasteiger partial charge in [0.1, 0.15) is 11.5 Å². The Labute approximate surface area is 140 Å². The minimum atomic E-state index is -0.0314. The van der Waals surface area contributed by atoms with Gasteiger partial charge in [0.2, 0.25) is 0 Å². The van der Waals surface area contributed by atoms with Crippen LogP contribution >= 0.6 is 11.6 Å². The number of rotatable bonds is 4. The molecule has 1 aliphatic heterocycles. The molecule has 0 saturated carbocycles. The first kappa shape index (κ1) is 15.8. The summed E-state index contributed by atoms with van der Waals surface area (Å²) < 4.78 is 5.70. The van der Waals surface area contributed by atoms with E-state index in [0.717, 1.165) is 19.5 Å². The number of carbonyl (C=O) groups is 1. The van der Waals surface area contributed by atoms with Gasteiger partial charge in [0, 0.05) is 37.6 Å². The maximum absolute atomic E-state index is 12.5. The van der Waals surface area contributed by atoms with Crippen molar-refractivity contribution >= 4 is 17.5 Å². The molecule has 1 N–H and O–H groups in total. The van der Waals surface area contributed by atoms with Gasteiger partial charge in [-0.3, -0.25) is 9.78 Å². The highest BCUT2D eigenvalue weighted by molar-refractivity contribution is 6.32. The molecule has 0 bridgehead atoms. The summed E-state index contributed by atoms with van der Waals surface area (Å²) >= 11 is 6.26. The molecule has 1 fully saturated rings. The first-order valence-electron chi connectivity index (χ1n) is 7.50. The van der Waals surface area contributed by atoms with Crippen LogP contribution in [0.1, 0.15) is 16.8 Å². The number of carbonyl (C=O) groups excluding carboxylic acids is 1. The number of hydrogen-bond acceptors (Lipinski definition) is 4. The van der Waals surface area contributed by atoms with Crippen molar-refractivity contribution < 1.29 is 9.53 Å². The van der Waals surface area contributed by atoms with Crippen LogP contribution in [-0.4, -0.2) is 42.0 Å². The molecule has 2 aromatic rings. The summed E-state index contributed by atoms with van der Waals surface area (Å²) in [6, 6.07) is 8.83. The summed E-state index contributed by atoms with van der Waals surface area (Å²) in [5, 5.41) is 3.67. The van der Waals surface area contributed by atoms with Gasteiger partial charge in [-0.05, 0) is 43.3 Å². The molecular formula is C17H18ClN3O2. The molecule has 2 heterocycles. The molecule has 0 radical (unpaired) electrons. The second-order valence-corrected chi connectivity index (χ2v) is 5.90. The van der Waals surface area contributed by atoms with E-state index in [1.807, 2.05) is 7.05 Å². The van der Waals surface area contributed by atoms with Crippen molar-refractivity contribution in [3.63, 3.8) is 0 Å². The fourth-order valence-corrected chi connectivity index (χ4v) is 2.81. The Morgan fingerprint density at radius 1 is 1.35 bits per heavy atom. The molecule has 1 amide bonds. The van der Waals surface area contributed by atoms with E-state index in [2.05, 4.69) is 10.3 Å². The number of nitrogens with one attached hydrogen (secondary N) is 1. The molecule has 1 aliphatic rings. The van der Waals surface area contributed by atoms with E-state index < -0.39 is 0 Å². The van der Waals surface area contributed by atoms with Crippen LogP contribution in [0.2, 0.25) is 5.02 Å². The Kier molecular flexibility index (Phi) is 4.79. The average molecular weight is 332 g/mol. The monoisotopic (exact) mass is 331 g/mol. The summed E-state index contributed by atoms with van der Waals surface area (Å²) in [5.74, 6) is 1.13. The summed E-state index contributed by atoms with van der Waals surface area (Å²) in [4.78, 5) is 18.3. The second kappa shape index (κ2) is 6.98. The molecule has 1 aromatic heterocycles. The average Bonchev–Trinajstić information content (AvgIpc) is 3.11. The molecule has 0 aliphatic carbocycles. The standard InChI is InChI=1S/C17H18ClN3O2/c1-21(13-4-7-20-11-13)17(22)12-2-3-16(15(18)10-12)23-14-5-8-19-9-6-14/h2-3,5-6,8-10,13,20H,4,7,11H2,1H3/t13-/m1/s1. The van der Waals surface area contributed by atoms with Gasteiger partial charge in [0.05, 0.1) is 5.02 Å². The van der Waals surface area contributed by atoms with E-state index in [1.165, 1.54) is 0 Å². The Morgan fingerprint density at radius 2 is 2.13 bits per heavy atom. The number of aromatic nitrogens is 1. The van der Waals surface area contributed by atoms with Crippen molar-refractivity contribution in [3.8, 4) is 11.5 Å². The Morgan fingerprint density at radius 3 is 2.78 bits per heavy atom. The van der Waals surface area contributed by atoms with E-state index in [9.17, 15) is 4.79 Å². The lowest BCUT2D eigenvalue weighted by atomic mass is 10.1. The number of likely N-dealkylation sites (N-methyl/N-ethyl adjacent to an activating group) is 1. The molecular weight excluding hydrogens is 314 g/mol. The number of halogens is 1. The maximum Gasteiger partial charge on any atom is 0.253 e. The lowest BCUT2D eigenvalue weighted by Gasteiger charge is -2.24. The zero-order valence-electron chi connectivity index (χ0n) is 12.8. The zero-order chi connectivity index (χ0) is 16.2. The molecule has 1 aromatic carbocycles. The fourth-order valence-electron chi connectivity index (χ4n) is 2.59. The van der Waals surface area contributed by atoms with Crippen LogP contribution < -0.4 is 10.1 Å². The second-order valence-electron chi connectivity index (χ2n) is 5.49. The van der Waals surface area contributed by atoms with E-state index in [-0.39, 0.29) is 11.9 Å². The van der Waals surface area contributed by atoms with E-state index in [0.29, 0.717) is 22.1 Å². The van der Waals surface area contributed by atoms with Gasteiger partial charge < -0.3 is 15.0 Å². The van der Waals surface area contributed by atoms with Crippen molar-refractivity contribution in [2.75, 3.05) is 20.1 Å². The van der Waals surface area contributed by atoms with Crippen molar-refractivity contribution in [1.82, 2.24) is 15.2 Å². The highest BCUT2D eigenvalue weighted by atomic mass is 35.5. The quantitative estimate of drug-likeness (QED) is 0.936. The summed E-state index contributed by atoms with van der Waals surface area (Å²) in [6.45, 7) is 1.78. The highest BCUT2D eigenvalue weighted by Crippen LogP contribution is 2.30. The first-order chi connectivity index (χ1) is 11.1. The van der Waals surface area contributed by atoms with E-state index in [4.69, 9.17) is 16.3 Å². The molecule has 0 unspecified atom stereocenters. The Bertz CT molecular complexity index is 687. The molecule has 23 heavy (non-hydrogen) atoms. The molecule has 1 saturated heterocycles. The van der Waals surface area contributed by atoms with Crippen molar-refractivity contribution in [2.24, 2.45) is 0 Å². The molecule has 6 heteroatoms. The van der Waals surface area contributed by atoms with Crippen molar-refractivity contribution in [1.29, 1.82) is 0 Å². The lowest BCUT2D eigenvalue weighted by Crippen LogP contribution is -2.38. The van der Waals surface area contributed by atoms with Gasteiger partial charge in [0.15, 0.2) is 0 Å². The van der Waals surface area contributed by atoms with Crippen molar-refractivity contribution in [3.05, 3.63) is 53.3 Å². The SMILES string of the molecule is CN(C(=O)c1ccc(Oc2ccncc2)c(Cl)c1)[C@@H]1CCNC1. The number of nitrogens with zero attached hydrogens (tertiary/aromatic N) is 2. The van der Waals surface area contributed by atoms with E-state index >= 15 is 0 Å². The van der Waals surface area contributed by atoms with Crippen LogP contribution in [0.5, 0.6) is 11.5 Å². The van der Waals surface area contributed by atoms with Gasteiger partial charge in [-0.1, -0.05) is 11.6 Å². The Balaban J connectivity index is 1.74. The minimum absolute atomic E-state index is 0.0314. The zero-order valence-corrected chi connectivity index (χ0v) is 13.6. The van der Waals surface area contributed by atoms with Crippen LogP contribution in [0.3, 0.4) is 0 Å². The molecule has 120 valence electrons. The third-order valence-corrected chi connectivity index (χ3v) is 4.25. The lowest BCUT2D eigenvalue weighted by molar-refractivity contribution is 0.0744. The van der Waals surface area contributed by atoms with Crippen LogP contribution in [0.4, 0.5) is 0 Å². The van der Waals surface area contributed by atoms with Gasteiger partial charge >= 0.3 is 0 Å². The number of benzene rings is 1. The minimum Gasteiger partial charge on any atom is -0.456 e. The molecule has 0 spiro atoms. The third kappa shape index (κ3) is 3.63. The van der Waals surface area contributed by atoms with Crippen molar-refractivity contribution in [2.45, 2.75) is 12.5 Å². The van der Waals surface area contributed by atoms with Crippen LogP contribution in [0, 0.1) is 0 Å². The fraction of sp³-hybridized carbons (Fsp3) is 0.294. The topological polar surface area (TPSA) is 54.5 Å². The first-order valence-corrected chi connectivity index (χ1v) is 7.88. The Hall–Kier alpha value is -2.11. The molecule has 3 rings (SSSR count). The summed E-state index contributed by atoms with van der Waals surface area (Å²) in [6.07, 6.45) is 4.26. The smallest absolute Gasteiger partial charge is 0.253 e. The number of ether oxygens (including phenoxy) is 1. The maximum atomic E-state index is 12.5. The van der Waals surface area contributed by atoms with Gasteiger partial charge in [-0.25, -0.2) is 0 Å². The molecule has 1 atom stereocenters. The predicted molar refractivity (Wildman–Crippen MR) is 89.1 cm³/mol. The molecule has 5 nitrogen and oxygen atoms in total. The largest absolute Gasteiger partial charge is 0.456 e. The third-order valence-electron chi connectivity index (χ3n) is 3.96. The summed E-state index contributed by atoms with van der Waals surface area (Å²) in [5.41, 5.74) is 0.562. The number of hydrogen-bond donors (Lipinski definition) is 1. The van der Waals surface area contributed by atoms with Crippen LogP contribution in [0.25, 0.3) is 0 Å². The van der Waals surface area contributed by atoms with Gasteiger partial charge in [-0.2, -0.15) is 0 Å². The van der Waals surface area contributed by atoms with Gasteiger partial charge in [-0.15, -0.1) is 0 Å². The normalized spacial score (nSPS) is 17.0. The van der Waals surface area contributed by atoms with E-state index in [1.54, 1.807) is 47.6 Å². The van der Waals surface area contributed by atoms with Crippen LogP contribution in [-0.2, 0) is 0 Å². The van der Waals surface area contributed by atoms with Gasteiger partial charge in [0.25, 0.3) is 5.91 Å². The highest BCUT2D eigenvalue weighted by Gasteiger charge is 2.24. The predicted octanol–water partition coefficient (Wildman–Crippen LogP) is 2.96. The van der Waals surface area contributed by atoms with Crippen LogP contribution in [0.15, 0.2) is 42.7 Å². The number of amides is 1. The summed E-state index contributed by atoms with van der Waals surface area (Å²) in [7, 11) is 1.83. The number of pyridine rings is 1.